The number of aromatic nitrogens is 1. The molecule has 0 saturated carbocycles. The highest BCUT2D eigenvalue weighted by Gasteiger charge is 2.30. The van der Waals surface area contributed by atoms with Crippen molar-refractivity contribution in [3.05, 3.63) is 78.0 Å². The summed E-state index contributed by atoms with van der Waals surface area (Å²) in [5.74, 6) is -2.18. The first-order valence-corrected chi connectivity index (χ1v) is 13.2. The number of primary amides is 1. The number of ether oxygens (including phenoxy) is 1. The molecule has 41 heavy (non-hydrogen) atoms. The fourth-order valence-corrected chi connectivity index (χ4v) is 4.15. The number of carbonyl (C=O) groups excluding carboxylic acids is 4. The van der Waals surface area contributed by atoms with Crippen LogP contribution in [0.25, 0.3) is 10.9 Å². The van der Waals surface area contributed by atoms with E-state index in [0.717, 1.165) is 10.9 Å². The van der Waals surface area contributed by atoms with Gasteiger partial charge < -0.3 is 26.2 Å². The van der Waals surface area contributed by atoms with Crippen LogP contribution in [0.4, 0.5) is 4.79 Å². The van der Waals surface area contributed by atoms with Crippen molar-refractivity contribution in [3.63, 3.8) is 0 Å². The minimum Gasteiger partial charge on any atom is -0.452 e. The molecule has 2 aromatic carbocycles. The van der Waals surface area contributed by atoms with Gasteiger partial charge >= 0.3 is 6.09 Å². The van der Waals surface area contributed by atoms with Crippen LogP contribution in [0.3, 0.4) is 0 Å². The lowest BCUT2D eigenvalue weighted by atomic mass is 9.99. The van der Waals surface area contributed by atoms with Crippen LogP contribution in [-0.2, 0) is 20.7 Å². The van der Waals surface area contributed by atoms with Gasteiger partial charge in [0.15, 0.2) is 0 Å². The van der Waals surface area contributed by atoms with Gasteiger partial charge in [0.1, 0.15) is 11.7 Å². The Hall–Kier alpha value is -4.55. The predicted molar refractivity (Wildman–Crippen MR) is 152 cm³/mol. The van der Waals surface area contributed by atoms with Crippen LogP contribution in [-0.4, -0.2) is 76.8 Å². The molecule has 0 aliphatic carbocycles. The van der Waals surface area contributed by atoms with Crippen LogP contribution in [0.2, 0.25) is 0 Å². The molecule has 6 N–H and O–H groups in total. The molecule has 0 aliphatic rings. The van der Waals surface area contributed by atoms with Gasteiger partial charge in [-0.1, -0.05) is 54.6 Å². The van der Waals surface area contributed by atoms with Crippen LogP contribution >= 0.6 is 0 Å². The zero-order valence-corrected chi connectivity index (χ0v) is 23.2. The second kappa shape index (κ2) is 14.7. The molecule has 0 saturated heterocycles. The molecule has 0 fully saturated rings. The highest BCUT2D eigenvalue weighted by atomic mass is 16.5. The Morgan fingerprint density at radius 3 is 2.32 bits per heavy atom. The zero-order chi connectivity index (χ0) is 29.9. The monoisotopic (exact) mass is 564 g/mol. The number of para-hydroxylation sites is 1. The van der Waals surface area contributed by atoms with E-state index in [0.29, 0.717) is 5.52 Å². The van der Waals surface area contributed by atoms with Crippen molar-refractivity contribution in [2.45, 2.75) is 50.9 Å². The van der Waals surface area contributed by atoms with Crippen LogP contribution in [0.15, 0.2) is 66.7 Å². The number of hydrogen-bond donors (Lipinski definition) is 5. The fourth-order valence-electron chi connectivity index (χ4n) is 4.15. The Morgan fingerprint density at radius 1 is 0.976 bits per heavy atom. The number of nitrogens with one attached hydrogen (secondary N) is 3. The molecule has 12 nitrogen and oxygen atoms in total. The zero-order valence-electron chi connectivity index (χ0n) is 23.2. The van der Waals surface area contributed by atoms with Crippen molar-refractivity contribution in [3.8, 4) is 0 Å². The number of nitrogens with two attached hydrogens (primary N) is 1. The molecular weight excluding hydrogens is 528 g/mol. The van der Waals surface area contributed by atoms with Gasteiger partial charge in [0.05, 0.1) is 31.2 Å². The average Bonchev–Trinajstić information content (AvgIpc) is 2.95. The van der Waals surface area contributed by atoms with Gasteiger partial charge in [-0.15, -0.1) is 0 Å². The first-order chi connectivity index (χ1) is 19.6. The Morgan fingerprint density at radius 2 is 1.66 bits per heavy atom. The van der Waals surface area contributed by atoms with Crippen molar-refractivity contribution in [2.24, 2.45) is 5.73 Å². The quantitative estimate of drug-likeness (QED) is 0.193. The number of hydrazine groups is 1. The summed E-state index contributed by atoms with van der Waals surface area (Å²) >= 11 is 0. The maximum atomic E-state index is 13.4. The number of amides is 4. The molecule has 1 unspecified atom stereocenters. The minimum atomic E-state index is -1.33. The Bertz CT molecular complexity index is 1350. The maximum Gasteiger partial charge on any atom is 0.421 e. The molecule has 1 heterocycles. The standard InChI is InChI=1S/C29H36N6O6/c1-18(2)35(34-29(40)41-3)17-25(36)23(15-19-9-5-4-6-10-19)32-28(39)24(16-26(30)37)33-27(38)22-14-13-20-11-7-8-12-21(20)31-22/h4-14,18,23-25,36H,15-17H2,1-3H3,(H2,30,37)(H,32,39)(H,33,38)(H,34,40)/t23-,24+,25?/m0/s1. The number of benzene rings is 2. The second-order valence-corrected chi connectivity index (χ2v) is 9.81. The van der Waals surface area contributed by atoms with E-state index in [1.807, 2.05) is 56.3 Å². The summed E-state index contributed by atoms with van der Waals surface area (Å²) in [5, 5.41) is 18.8. The van der Waals surface area contributed by atoms with E-state index < -0.39 is 48.4 Å². The van der Waals surface area contributed by atoms with Crippen molar-refractivity contribution in [1.82, 2.24) is 26.1 Å². The van der Waals surface area contributed by atoms with E-state index >= 15 is 0 Å². The second-order valence-electron chi connectivity index (χ2n) is 9.81. The van der Waals surface area contributed by atoms with Gasteiger partial charge in [-0.2, -0.15) is 0 Å². The number of nitrogens with zero attached hydrogens (tertiary/aromatic N) is 2. The first-order valence-electron chi connectivity index (χ1n) is 13.2. The summed E-state index contributed by atoms with van der Waals surface area (Å²) in [6.45, 7) is 3.57. The van der Waals surface area contributed by atoms with Gasteiger partial charge in [-0.3, -0.25) is 19.8 Å². The summed E-state index contributed by atoms with van der Waals surface area (Å²) in [4.78, 5) is 54.5. The maximum absolute atomic E-state index is 13.4. The van der Waals surface area contributed by atoms with Crippen molar-refractivity contribution in [2.75, 3.05) is 13.7 Å². The third-order valence-corrected chi connectivity index (χ3v) is 6.38. The van der Waals surface area contributed by atoms with E-state index in [4.69, 9.17) is 5.73 Å². The van der Waals surface area contributed by atoms with E-state index in [-0.39, 0.29) is 24.7 Å². The summed E-state index contributed by atoms with van der Waals surface area (Å²) in [5.41, 5.74) is 9.43. The summed E-state index contributed by atoms with van der Waals surface area (Å²) < 4.78 is 4.67. The van der Waals surface area contributed by atoms with Gasteiger partial charge in [0.2, 0.25) is 11.8 Å². The van der Waals surface area contributed by atoms with Crippen LogP contribution in [0, 0.1) is 0 Å². The highest BCUT2D eigenvalue weighted by Crippen LogP contribution is 2.13. The molecule has 0 spiro atoms. The lowest BCUT2D eigenvalue weighted by Crippen LogP contribution is -2.58. The predicted octanol–water partition coefficient (Wildman–Crippen LogP) is 1.28. The number of aliphatic hydroxyl groups excluding tert-OH is 1. The third kappa shape index (κ3) is 9.26. The van der Waals surface area contributed by atoms with Crippen molar-refractivity contribution >= 4 is 34.7 Å². The number of methoxy groups -OCH3 is 1. The average molecular weight is 565 g/mol. The summed E-state index contributed by atoms with van der Waals surface area (Å²) in [6, 6.07) is 17.3. The lowest BCUT2D eigenvalue weighted by molar-refractivity contribution is -0.128. The summed E-state index contributed by atoms with van der Waals surface area (Å²) in [7, 11) is 1.23. The van der Waals surface area contributed by atoms with E-state index in [9.17, 15) is 24.3 Å². The van der Waals surface area contributed by atoms with Gasteiger partial charge in [-0.05, 0) is 38.0 Å². The number of hydrogen-bond acceptors (Lipinski definition) is 8. The number of aliphatic hydroxyl groups is 1. The van der Waals surface area contributed by atoms with Crippen LogP contribution in [0.5, 0.6) is 0 Å². The van der Waals surface area contributed by atoms with Gasteiger partial charge in [-0.25, -0.2) is 14.8 Å². The molecule has 0 aliphatic heterocycles. The molecule has 3 atom stereocenters. The van der Waals surface area contributed by atoms with E-state index in [1.165, 1.54) is 18.2 Å². The smallest absolute Gasteiger partial charge is 0.421 e. The number of fused-ring (bicyclic) bond motifs is 1. The first kappa shape index (κ1) is 31.0. The Balaban J connectivity index is 1.81. The molecular formula is C29H36N6O6. The van der Waals surface area contributed by atoms with Crippen LogP contribution < -0.4 is 21.8 Å². The molecule has 1 aromatic heterocycles. The third-order valence-electron chi connectivity index (χ3n) is 6.38. The van der Waals surface area contributed by atoms with E-state index in [1.54, 1.807) is 18.2 Å². The van der Waals surface area contributed by atoms with Crippen molar-refractivity contribution < 1.29 is 29.0 Å². The highest BCUT2D eigenvalue weighted by molar-refractivity contribution is 5.99. The number of carbonyl (C=O) groups is 4. The molecule has 3 rings (SSSR count). The van der Waals surface area contributed by atoms with E-state index in [2.05, 4.69) is 25.8 Å². The number of pyridine rings is 1. The normalized spacial score (nSPS) is 13.3. The number of rotatable bonds is 13. The SMILES string of the molecule is COC(=O)NN(CC(O)[C@H](Cc1ccccc1)NC(=O)[C@@H](CC(N)=O)NC(=O)c1ccc2ccccc2n1)C(C)C. The minimum absolute atomic E-state index is 0.0571. The molecule has 3 aromatic rings. The Kier molecular flexibility index (Phi) is 11.1. The van der Waals surface area contributed by atoms with Gasteiger partial charge in [0, 0.05) is 18.0 Å². The Labute approximate surface area is 238 Å². The molecule has 4 amide bonds. The molecule has 218 valence electrons. The summed E-state index contributed by atoms with van der Waals surface area (Å²) in [6.07, 6.45) is -2.13. The van der Waals surface area contributed by atoms with Crippen LogP contribution in [0.1, 0.15) is 36.3 Å². The topological polar surface area (TPSA) is 176 Å². The molecule has 0 bridgehead atoms. The van der Waals surface area contributed by atoms with Gasteiger partial charge in [0.25, 0.3) is 5.91 Å². The molecule has 0 radical (unpaired) electrons. The largest absolute Gasteiger partial charge is 0.452 e. The molecule has 12 heteroatoms. The fraction of sp³-hybridized carbons (Fsp3) is 0.345. The lowest BCUT2D eigenvalue weighted by Gasteiger charge is -2.32. The van der Waals surface area contributed by atoms with Crippen molar-refractivity contribution in [1.29, 1.82) is 0 Å².